The summed E-state index contributed by atoms with van der Waals surface area (Å²) in [6, 6.07) is 0. The van der Waals surface area contributed by atoms with Gasteiger partial charge in [-0.3, -0.25) is 9.59 Å². The molecule has 0 aromatic heterocycles. The highest BCUT2D eigenvalue weighted by Gasteiger charge is 1.96. The molecular weight excluding hydrogens is 407 g/mol. The van der Waals surface area contributed by atoms with Crippen LogP contribution in [0.15, 0.2) is 0 Å². The number of amides is 2. The smallest absolute Gasteiger partial charge is 0.217 e. The van der Waals surface area contributed by atoms with Gasteiger partial charge in [-0.2, -0.15) is 0 Å². The second kappa shape index (κ2) is 17.5. The molecule has 0 aromatic rings. The molecular formula is C10H24Cl2N4O10. The van der Waals surface area contributed by atoms with Gasteiger partial charge in [0.2, 0.25) is 11.8 Å². The van der Waals surface area contributed by atoms with Crippen molar-refractivity contribution in [2.75, 3.05) is 39.3 Å². The van der Waals surface area contributed by atoms with Gasteiger partial charge in [-0.1, -0.05) is 0 Å². The second-order valence-corrected chi connectivity index (χ2v) is 5.97. The monoisotopic (exact) mass is 430 g/mol. The van der Waals surface area contributed by atoms with Crippen molar-refractivity contribution in [2.24, 2.45) is 0 Å². The quantitative estimate of drug-likeness (QED) is 0.250. The summed E-state index contributed by atoms with van der Waals surface area (Å²) in [6.07, 6.45) is 0. The molecule has 0 bridgehead atoms. The minimum atomic E-state index is -4.94. The standard InChI is InChI=1S/C10H22N4O2.2ClHO4/c1-9(15)13-7-5-11-3-4-12-6-8-14-10(2)16;2*2-1(3,4)5/h11-12H,3-8H2,1-2H3,(H,13,15)(H,14,16);2*(H,2,3,4,5). The van der Waals surface area contributed by atoms with Crippen molar-refractivity contribution in [2.45, 2.75) is 13.8 Å². The van der Waals surface area contributed by atoms with Gasteiger partial charge >= 0.3 is 0 Å². The number of hydrogen-bond donors (Lipinski definition) is 4. The van der Waals surface area contributed by atoms with Gasteiger partial charge in [-0.25, -0.2) is 37.3 Å². The fourth-order valence-corrected chi connectivity index (χ4v) is 1.22. The first-order chi connectivity index (χ1) is 11.6. The van der Waals surface area contributed by atoms with Gasteiger partial charge in [0.1, 0.15) is 13.1 Å². The van der Waals surface area contributed by atoms with Crippen molar-refractivity contribution in [3.8, 4) is 0 Å². The van der Waals surface area contributed by atoms with E-state index in [2.05, 4.69) is 21.3 Å². The zero-order valence-corrected chi connectivity index (χ0v) is 15.7. The Morgan fingerprint density at radius 3 is 1.08 bits per heavy atom. The third kappa shape index (κ3) is 77.0. The van der Waals surface area contributed by atoms with Crippen LogP contribution >= 0.6 is 0 Å². The summed E-state index contributed by atoms with van der Waals surface area (Å²) in [4.78, 5) is 21.1. The lowest BCUT2D eigenvalue weighted by molar-refractivity contribution is -2.00. The Hall–Kier alpha value is -0.880. The van der Waals surface area contributed by atoms with Crippen LogP contribution in [0.4, 0.5) is 0 Å². The van der Waals surface area contributed by atoms with Crippen LogP contribution in [0.2, 0.25) is 0 Å². The Labute approximate surface area is 154 Å². The lowest BCUT2D eigenvalue weighted by atomic mass is 10.5. The SMILES string of the molecule is CC(=O)NCC[NH2+]CC[NH2+]CCNC(C)=O.[O-][Cl+3]([O-])([O-])[O-].[O-][Cl+3]([O-])([O-])[O-]. The van der Waals surface area contributed by atoms with Crippen LogP contribution in [-0.2, 0) is 9.59 Å². The van der Waals surface area contributed by atoms with Crippen molar-refractivity contribution in [3.05, 3.63) is 0 Å². The van der Waals surface area contributed by atoms with E-state index in [1.165, 1.54) is 13.8 Å². The third-order valence-electron chi connectivity index (χ3n) is 2.02. The van der Waals surface area contributed by atoms with Gasteiger partial charge in [0.05, 0.1) is 26.2 Å². The molecule has 0 spiro atoms. The normalized spacial score (nSPS) is 10.7. The first kappa shape index (κ1) is 29.9. The molecule has 0 saturated heterocycles. The molecule has 26 heavy (non-hydrogen) atoms. The molecule has 158 valence electrons. The van der Waals surface area contributed by atoms with E-state index in [1.807, 2.05) is 0 Å². The third-order valence-corrected chi connectivity index (χ3v) is 2.02. The maximum absolute atomic E-state index is 10.5. The van der Waals surface area contributed by atoms with Crippen LogP contribution in [0.1, 0.15) is 13.8 Å². The number of carbonyl (C=O) groups is 2. The average molecular weight is 431 g/mol. The zero-order valence-electron chi connectivity index (χ0n) is 14.2. The summed E-state index contributed by atoms with van der Waals surface area (Å²) in [5.74, 6) is 0.0468. The van der Waals surface area contributed by atoms with Crippen molar-refractivity contribution >= 4 is 11.8 Å². The van der Waals surface area contributed by atoms with Crippen LogP contribution in [-0.4, -0.2) is 51.1 Å². The predicted octanol–water partition coefficient (Wildman–Crippen LogP) is -13.1. The van der Waals surface area contributed by atoms with Crippen LogP contribution in [0.5, 0.6) is 0 Å². The summed E-state index contributed by atoms with van der Waals surface area (Å²) in [5.41, 5.74) is 0. The van der Waals surface area contributed by atoms with Crippen LogP contribution < -0.4 is 58.5 Å². The molecule has 2 amide bonds. The molecule has 0 aliphatic carbocycles. The maximum Gasteiger partial charge on any atom is 0.217 e. The molecule has 0 aliphatic heterocycles. The molecule has 6 N–H and O–H groups in total. The largest absolute Gasteiger partial charge is 0.351 e. The summed E-state index contributed by atoms with van der Waals surface area (Å²) >= 11 is 0. The lowest BCUT2D eigenvalue weighted by Crippen LogP contribution is -2.96. The van der Waals surface area contributed by atoms with Crippen LogP contribution in [0, 0.1) is 20.5 Å². The van der Waals surface area contributed by atoms with E-state index < -0.39 is 20.5 Å². The molecule has 0 fully saturated rings. The highest BCUT2D eigenvalue weighted by Crippen LogP contribution is 1.56. The molecule has 0 aromatic carbocycles. The molecule has 0 aliphatic rings. The van der Waals surface area contributed by atoms with E-state index in [-0.39, 0.29) is 11.8 Å². The Kier molecular flexibility index (Phi) is 20.1. The van der Waals surface area contributed by atoms with Crippen molar-refractivity contribution in [1.82, 2.24) is 10.6 Å². The van der Waals surface area contributed by atoms with E-state index in [9.17, 15) is 9.59 Å². The summed E-state index contributed by atoms with van der Waals surface area (Å²) in [6.45, 7) is 8.38. The molecule has 0 heterocycles. The van der Waals surface area contributed by atoms with E-state index in [0.717, 1.165) is 39.3 Å². The fraction of sp³-hybridized carbons (Fsp3) is 0.800. The van der Waals surface area contributed by atoms with E-state index in [1.54, 1.807) is 0 Å². The minimum Gasteiger partial charge on any atom is -0.351 e. The molecule has 0 rings (SSSR count). The Morgan fingerprint density at radius 2 is 0.885 bits per heavy atom. The van der Waals surface area contributed by atoms with Gasteiger partial charge in [-0.15, -0.1) is 20.5 Å². The van der Waals surface area contributed by atoms with Crippen LogP contribution in [0.25, 0.3) is 0 Å². The van der Waals surface area contributed by atoms with Gasteiger partial charge in [0.25, 0.3) is 0 Å². The Balaban J connectivity index is -0.000000433. The highest BCUT2D eigenvalue weighted by molar-refractivity contribution is 5.72. The van der Waals surface area contributed by atoms with Gasteiger partial charge in [0, 0.05) is 13.8 Å². The van der Waals surface area contributed by atoms with Crippen molar-refractivity contribution in [1.29, 1.82) is 0 Å². The van der Waals surface area contributed by atoms with E-state index in [4.69, 9.17) is 37.3 Å². The maximum atomic E-state index is 10.5. The van der Waals surface area contributed by atoms with E-state index >= 15 is 0 Å². The molecule has 0 atom stereocenters. The molecule has 0 radical (unpaired) electrons. The molecule has 0 unspecified atom stereocenters. The van der Waals surface area contributed by atoms with Gasteiger partial charge in [0.15, 0.2) is 0 Å². The molecule has 0 saturated carbocycles. The number of halogens is 2. The van der Waals surface area contributed by atoms with Gasteiger partial charge < -0.3 is 21.3 Å². The summed E-state index contributed by atoms with van der Waals surface area (Å²) < 4.78 is 67.9. The van der Waals surface area contributed by atoms with Gasteiger partial charge in [-0.05, 0) is 0 Å². The molecule has 14 nitrogen and oxygen atoms in total. The van der Waals surface area contributed by atoms with E-state index in [0.29, 0.717) is 0 Å². The molecule has 16 heteroatoms. The topological polar surface area (TPSA) is 276 Å². The minimum absolute atomic E-state index is 0.0234. The second-order valence-electron chi connectivity index (χ2n) is 4.45. The predicted molar refractivity (Wildman–Crippen MR) is 60.7 cm³/mol. The zero-order chi connectivity index (χ0) is 21.2. The van der Waals surface area contributed by atoms with Crippen molar-refractivity contribution < 1.29 is 78.0 Å². The fourth-order valence-electron chi connectivity index (χ4n) is 1.22. The number of hydrogen-bond acceptors (Lipinski definition) is 10. The number of quaternary nitrogens is 2. The van der Waals surface area contributed by atoms with Crippen molar-refractivity contribution in [3.63, 3.8) is 0 Å². The van der Waals surface area contributed by atoms with Crippen LogP contribution in [0.3, 0.4) is 0 Å². The lowest BCUT2D eigenvalue weighted by Gasteiger charge is -2.17. The number of nitrogens with one attached hydrogen (secondary N) is 2. The average Bonchev–Trinajstić information content (AvgIpc) is 2.36. The number of carbonyl (C=O) groups excluding carboxylic acids is 2. The summed E-state index contributed by atoms with van der Waals surface area (Å²) in [5, 5.41) is 9.83. The first-order valence-corrected chi connectivity index (χ1v) is 9.45. The Bertz CT molecular complexity index is 319. The first-order valence-electron chi connectivity index (χ1n) is 6.98. The summed E-state index contributed by atoms with van der Waals surface area (Å²) in [7, 11) is -9.89. The number of nitrogens with two attached hydrogens (primary N) is 2. The highest BCUT2D eigenvalue weighted by atomic mass is 35.7. The Morgan fingerprint density at radius 1 is 0.654 bits per heavy atom. The number of rotatable bonds is 9.